The molecule has 4 nitrogen and oxygen atoms in total. The fourth-order valence-electron chi connectivity index (χ4n) is 2.98. The van der Waals surface area contributed by atoms with Gasteiger partial charge in [0.1, 0.15) is 5.60 Å². The Hall–Kier alpha value is -0.610. The SMILES string of the molecule is CC(C)C[C@H](CN)CC(=O)N1CC(O)(C2CC2)C1. The third kappa shape index (κ3) is 3.04. The summed E-state index contributed by atoms with van der Waals surface area (Å²) in [6, 6.07) is 0. The summed E-state index contributed by atoms with van der Waals surface area (Å²) in [7, 11) is 0. The van der Waals surface area contributed by atoms with Gasteiger partial charge in [-0.1, -0.05) is 13.8 Å². The second-order valence-electron chi connectivity index (χ2n) is 6.56. The van der Waals surface area contributed by atoms with Crippen molar-refractivity contribution in [1.29, 1.82) is 0 Å². The standard InChI is InChI=1S/C14H26N2O2/c1-10(2)5-11(7-15)6-13(17)16-8-14(18,9-16)12-3-4-12/h10-12,18H,3-9,15H2,1-2H3/t11-/m0/s1. The molecule has 0 spiro atoms. The zero-order chi connectivity index (χ0) is 13.3. The molecule has 4 heteroatoms. The summed E-state index contributed by atoms with van der Waals surface area (Å²) in [6.07, 6.45) is 3.78. The van der Waals surface area contributed by atoms with Crippen LogP contribution in [0.1, 0.15) is 39.5 Å². The molecule has 3 N–H and O–H groups in total. The van der Waals surface area contributed by atoms with Crippen molar-refractivity contribution >= 4 is 5.91 Å². The van der Waals surface area contributed by atoms with Crippen molar-refractivity contribution in [2.24, 2.45) is 23.5 Å². The minimum Gasteiger partial charge on any atom is -0.386 e. The second-order valence-corrected chi connectivity index (χ2v) is 6.56. The van der Waals surface area contributed by atoms with E-state index in [4.69, 9.17) is 5.73 Å². The van der Waals surface area contributed by atoms with Crippen LogP contribution in [0, 0.1) is 17.8 Å². The van der Waals surface area contributed by atoms with E-state index in [0.29, 0.717) is 37.9 Å². The zero-order valence-corrected chi connectivity index (χ0v) is 11.6. The molecule has 0 aromatic heterocycles. The molecule has 1 saturated heterocycles. The molecule has 0 aromatic carbocycles. The topological polar surface area (TPSA) is 66.6 Å². The average Bonchev–Trinajstić information content (AvgIpc) is 3.06. The maximum Gasteiger partial charge on any atom is 0.223 e. The number of carbonyl (C=O) groups excluding carboxylic acids is 1. The lowest BCUT2D eigenvalue weighted by atomic mass is 9.87. The third-order valence-electron chi connectivity index (χ3n) is 4.22. The van der Waals surface area contributed by atoms with Gasteiger partial charge in [0.2, 0.25) is 5.91 Å². The largest absolute Gasteiger partial charge is 0.386 e. The number of β-amino-alcohol motifs (C(OH)–C–C–N with tert-alkyl or cyclic N) is 1. The number of aliphatic hydroxyl groups is 1. The number of amides is 1. The average molecular weight is 254 g/mol. The smallest absolute Gasteiger partial charge is 0.223 e. The van der Waals surface area contributed by atoms with Crippen LogP contribution in [0.5, 0.6) is 0 Å². The first-order valence-electron chi connectivity index (χ1n) is 7.15. The molecule has 0 aromatic rings. The molecule has 1 aliphatic heterocycles. The van der Waals surface area contributed by atoms with Crippen LogP contribution in [0.15, 0.2) is 0 Å². The van der Waals surface area contributed by atoms with Crippen molar-refractivity contribution in [3.63, 3.8) is 0 Å². The molecule has 2 fully saturated rings. The van der Waals surface area contributed by atoms with Crippen LogP contribution in [-0.4, -0.2) is 41.1 Å². The van der Waals surface area contributed by atoms with E-state index >= 15 is 0 Å². The Bertz CT molecular complexity index is 307. The quantitative estimate of drug-likeness (QED) is 0.742. The Morgan fingerprint density at radius 3 is 2.50 bits per heavy atom. The number of rotatable bonds is 6. The van der Waals surface area contributed by atoms with Gasteiger partial charge < -0.3 is 15.7 Å². The molecule has 2 aliphatic rings. The van der Waals surface area contributed by atoms with Gasteiger partial charge in [-0.2, -0.15) is 0 Å². The number of likely N-dealkylation sites (tertiary alicyclic amines) is 1. The lowest BCUT2D eigenvalue weighted by molar-refractivity contribution is -0.160. The number of nitrogens with two attached hydrogens (primary N) is 1. The van der Waals surface area contributed by atoms with Gasteiger partial charge in [-0.05, 0) is 43.6 Å². The highest BCUT2D eigenvalue weighted by atomic mass is 16.3. The highest BCUT2D eigenvalue weighted by Gasteiger charge is 2.53. The third-order valence-corrected chi connectivity index (χ3v) is 4.22. The van der Waals surface area contributed by atoms with Crippen molar-refractivity contribution in [3.8, 4) is 0 Å². The predicted molar refractivity (Wildman–Crippen MR) is 70.9 cm³/mol. The predicted octanol–water partition coefficient (Wildman–Crippen LogP) is 0.981. The summed E-state index contributed by atoms with van der Waals surface area (Å²) in [4.78, 5) is 13.9. The minimum absolute atomic E-state index is 0.163. The van der Waals surface area contributed by atoms with Gasteiger partial charge in [0.25, 0.3) is 0 Å². The molecule has 1 atom stereocenters. The Morgan fingerprint density at radius 1 is 1.44 bits per heavy atom. The Morgan fingerprint density at radius 2 is 2.06 bits per heavy atom. The van der Waals surface area contributed by atoms with Crippen LogP contribution in [0.4, 0.5) is 0 Å². The van der Waals surface area contributed by atoms with E-state index in [1.54, 1.807) is 4.90 Å². The normalized spacial score (nSPS) is 23.9. The van der Waals surface area contributed by atoms with E-state index in [1.807, 2.05) is 0 Å². The molecule has 0 bridgehead atoms. The monoisotopic (exact) mass is 254 g/mol. The van der Waals surface area contributed by atoms with E-state index in [1.165, 1.54) is 0 Å². The Labute approximate surface area is 110 Å². The molecule has 1 heterocycles. The Kier molecular flexibility index (Phi) is 3.97. The van der Waals surface area contributed by atoms with E-state index < -0.39 is 5.60 Å². The van der Waals surface area contributed by atoms with Crippen molar-refractivity contribution in [1.82, 2.24) is 4.90 Å². The van der Waals surface area contributed by atoms with Crippen molar-refractivity contribution in [2.45, 2.75) is 45.1 Å². The highest BCUT2D eigenvalue weighted by molar-refractivity contribution is 5.77. The van der Waals surface area contributed by atoms with E-state index in [0.717, 1.165) is 19.3 Å². The van der Waals surface area contributed by atoms with Crippen LogP contribution in [-0.2, 0) is 4.79 Å². The van der Waals surface area contributed by atoms with E-state index in [2.05, 4.69) is 13.8 Å². The second kappa shape index (κ2) is 5.17. The van der Waals surface area contributed by atoms with Crippen LogP contribution >= 0.6 is 0 Å². The fourth-order valence-corrected chi connectivity index (χ4v) is 2.98. The Balaban J connectivity index is 1.75. The first kappa shape index (κ1) is 13.8. The van der Waals surface area contributed by atoms with Gasteiger partial charge in [0.05, 0.1) is 13.1 Å². The van der Waals surface area contributed by atoms with Crippen LogP contribution in [0.3, 0.4) is 0 Å². The summed E-state index contributed by atoms with van der Waals surface area (Å²) in [5.41, 5.74) is 5.16. The summed E-state index contributed by atoms with van der Waals surface area (Å²) in [5, 5.41) is 10.2. The maximum absolute atomic E-state index is 12.1. The van der Waals surface area contributed by atoms with Gasteiger partial charge in [-0.3, -0.25) is 4.79 Å². The first-order valence-corrected chi connectivity index (χ1v) is 7.15. The maximum atomic E-state index is 12.1. The molecule has 104 valence electrons. The molecule has 1 amide bonds. The molecular weight excluding hydrogens is 228 g/mol. The molecule has 1 aliphatic carbocycles. The number of nitrogens with zero attached hydrogens (tertiary/aromatic N) is 1. The van der Waals surface area contributed by atoms with Gasteiger partial charge in [0.15, 0.2) is 0 Å². The van der Waals surface area contributed by atoms with Gasteiger partial charge in [-0.15, -0.1) is 0 Å². The summed E-state index contributed by atoms with van der Waals surface area (Å²) in [6.45, 7) is 5.96. The molecule has 18 heavy (non-hydrogen) atoms. The summed E-state index contributed by atoms with van der Waals surface area (Å²) in [5.74, 6) is 1.47. The lowest BCUT2D eigenvalue weighted by Crippen LogP contribution is -2.64. The minimum atomic E-state index is -0.564. The molecule has 1 saturated carbocycles. The molecule has 0 radical (unpaired) electrons. The van der Waals surface area contributed by atoms with Crippen LogP contribution < -0.4 is 5.73 Å². The van der Waals surface area contributed by atoms with E-state index in [-0.39, 0.29) is 11.8 Å². The van der Waals surface area contributed by atoms with Crippen molar-refractivity contribution in [2.75, 3.05) is 19.6 Å². The van der Waals surface area contributed by atoms with Gasteiger partial charge in [0, 0.05) is 6.42 Å². The zero-order valence-electron chi connectivity index (χ0n) is 11.6. The summed E-state index contributed by atoms with van der Waals surface area (Å²) < 4.78 is 0. The number of hydrogen-bond acceptors (Lipinski definition) is 3. The van der Waals surface area contributed by atoms with Crippen LogP contribution in [0.2, 0.25) is 0 Å². The highest BCUT2D eigenvalue weighted by Crippen LogP contribution is 2.44. The number of carbonyl (C=O) groups is 1. The summed E-state index contributed by atoms with van der Waals surface area (Å²) >= 11 is 0. The van der Waals surface area contributed by atoms with Crippen LogP contribution in [0.25, 0.3) is 0 Å². The molecule has 2 rings (SSSR count). The number of hydrogen-bond donors (Lipinski definition) is 2. The van der Waals surface area contributed by atoms with Gasteiger partial charge in [-0.25, -0.2) is 0 Å². The van der Waals surface area contributed by atoms with E-state index in [9.17, 15) is 9.90 Å². The van der Waals surface area contributed by atoms with Crippen molar-refractivity contribution < 1.29 is 9.90 Å². The first-order chi connectivity index (χ1) is 8.44. The fraction of sp³-hybridized carbons (Fsp3) is 0.929. The molecule has 0 unspecified atom stereocenters. The van der Waals surface area contributed by atoms with Crippen molar-refractivity contribution in [3.05, 3.63) is 0 Å². The lowest BCUT2D eigenvalue weighted by Gasteiger charge is -2.47. The molecular formula is C14H26N2O2. The van der Waals surface area contributed by atoms with Gasteiger partial charge >= 0.3 is 0 Å².